The lowest BCUT2D eigenvalue weighted by Gasteiger charge is -2.24. The first-order valence-corrected chi connectivity index (χ1v) is 8.91. The van der Waals surface area contributed by atoms with Crippen LogP contribution in [-0.2, 0) is 9.84 Å². The number of rotatable bonds is 4. The highest BCUT2D eigenvalue weighted by molar-refractivity contribution is 7.91. The van der Waals surface area contributed by atoms with Gasteiger partial charge in [0.25, 0.3) is 0 Å². The van der Waals surface area contributed by atoms with Crippen molar-refractivity contribution in [3.8, 4) is 0 Å². The van der Waals surface area contributed by atoms with Gasteiger partial charge in [-0.1, -0.05) is 30.2 Å². The smallest absolute Gasteiger partial charge is 0.151 e. The lowest BCUT2D eigenvalue weighted by molar-refractivity contribution is 0.456. The number of sulfone groups is 1. The van der Waals surface area contributed by atoms with E-state index in [0.717, 1.165) is 24.8 Å². The van der Waals surface area contributed by atoms with Crippen molar-refractivity contribution in [2.24, 2.45) is 0 Å². The maximum atomic E-state index is 11.7. The highest BCUT2D eigenvalue weighted by Crippen LogP contribution is 2.27. The lowest BCUT2D eigenvalue weighted by Crippen LogP contribution is -2.41. The summed E-state index contributed by atoms with van der Waals surface area (Å²) in [6, 6.07) is 7.86. The minimum absolute atomic E-state index is 0.0562. The van der Waals surface area contributed by atoms with E-state index >= 15 is 0 Å². The van der Waals surface area contributed by atoms with E-state index in [9.17, 15) is 8.42 Å². The molecule has 1 saturated carbocycles. The molecule has 0 spiro atoms. The van der Waals surface area contributed by atoms with E-state index < -0.39 is 9.84 Å². The molecule has 3 atom stereocenters. The summed E-state index contributed by atoms with van der Waals surface area (Å²) >= 11 is 5.87. The topological polar surface area (TPSA) is 46.2 Å². The summed E-state index contributed by atoms with van der Waals surface area (Å²) in [6.07, 6.45) is 4.01. The Bertz CT molecular complexity index is 527. The number of halogens is 1. The second-order valence-electron chi connectivity index (χ2n) is 5.35. The van der Waals surface area contributed by atoms with Gasteiger partial charge in [-0.25, -0.2) is 8.42 Å². The van der Waals surface area contributed by atoms with E-state index in [2.05, 4.69) is 12.2 Å². The maximum Gasteiger partial charge on any atom is 0.151 e. The molecule has 1 aromatic carbocycles. The van der Waals surface area contributed by atoms with Crippen molar-refractivity contribution in [3.63, 3.8) is 0 Å². The maximum absolute atomic E-state index is 11.7. The molecule has 0 aromatic heterocycles. The first-order valence-electron chi connectivity index (χ1n) is 6.58. The number of nitrogens with one attached hydrogen (secondary N) is 1. The molecule has 5 heteroatoms. The molecule has 1 fully saturated rings. The van der Waals surface area contributed by atoms with Crippen molar-refractivity contribution in [1.82, 2.24) is 5.32 Å². The largest absolute Gasteiger partial charge is 0.306 e. The number of hydrogen-bond donors (Lipinski definition) is 1. The van der Waals surface area contributed by atoms with Gasteiger partial charge >= 0.3 is 0 Å². The molecule has 1 N–H and O–H groups in total. The lowest BCUT2D eigenvalue weighted by atomic mass is 10.1. The molecule has 0 radical (unpaired) electrons. The molecule has 0 aliphatic heterocycles. The Kier molecular flexibility index (Phi) is 4.54. The second-order valence-corrected chi connectivity index (χ2v) is 8.05. The Hall–Kier alpha value is -0.580. The van der Waals surface area contributed by atoms with Crippen LogP contribution in [0, 0.1) is 0 Å². The molecule has 0 saturated heterocycles. The van der Waals surface area contributed by atoms with Gasteiger partial charge in [-0.2, -0.15) is 0 Å². The van der Waals surface area contributed by atoms with Gasteiger partial charge in [0.2, 0.25) is 0 Å². The van der Waals surface area contributed by atoms with Gasteiger partial charge < -0.3 is 5.32 Å². The van der Waals surface area contributed by atoms with E-state index in [4.69, 9.17) is 11.6 Å². The summed E-state index contributed by atoms with van der Waals surface area (Å²) in [6.45, 7) is 2.06. The molecule has 1 aliphatic carbocycles. The Morgan fingerprint density at radius 2 is 1.89 bits per heavy atom. The standard InChI is InChI=1S/C14H20ClNO2S/c1-10(11-6-8-12(15)9-7-11)16-13-4-3-5-14(13)19(2,17)18/h6-10,13-14,16H,3-5H2,1-2H3. The van der Waals surface area contributed by atoms with Crippen LogP contribution in [0.2, 0.25) is 5.02 Å². The zero-order chi connectivity index (χ0) is 14.0. The Morgan fingerprint density at radius 3 is 2.47 bits per heavy atom. The molecule has 19 heavy (non-hydrogen) atoms. The van der Waals surface area contributed by atoms with Crippen LogP contribution < -0.4 is 5.32 Å². The summed E-state index contributed by atoms with van der Waals surface area (Å²) in [7, 11) is -2.97. The third kappa shape index (κ3) is 3.71. The van der Waals surface area contributed by atoms with Gasteiger partial charge in [0, 0.05) is 23.4 Å². The molecule has 1 aromatic rings. The van der Waals surface area contributed by atoms with E-state index in [0.29, 0.717) is 5.02 Å². The van der Waals surface area contributed by atoms with Crippen LogP contribution in [0.15, 0.2) is 24.3 Å². The minimum Gasteiger partial charge on any atom is -0.306 e. The number of hydrogen-bond acceptors (Lipinski definition) is 3. The summed E-state index contributed by atoms with van der Waals surface area (Å²) in [4.78, 5) is 0. The van der Waals surface area contributed by atoms with Crippen molar-refractivity contribution in [2.75, 3.05) is 6.26 Å². The molecule has 1 aliphatic rings. The number of benzene rings is 1. The van der Waals surface area contributed by atoms with Crippen molar-refractivity contribution in [2.45, 2.75) is 43.5 Å². The van der Waals surface area contributed by atoms with Gasteiger partial charge in [0.05, 0.1) is 5.25 Å². The molecule has 2 rings (SSSR count). The zero-order valence-corrected chi connectivity index (χ0v) is 12.8. The SMILES string of the molecule is CC(NC1CCCC1S(C)(=O)=O)c1ccc(Cl)cc1. The van der Waals surface area contributed by atoms with E-state index in [1.165, 1.54) is 6.26 Å². The van der Waals surface area contributed by atoms with Crippen LogP contribution in [0.1, 0.15) is 37.8 Å². The molecule has 3 unspecified atom stereocenters. The molecular weight excluding hydrogens is 282 g/mol. The van der Waals surface area contributed by atoms with Crippen molar-refractivity contribution in [3.05, 3.63) is 34.9 Å². The quantitative estimate of drug-likeness (QED) is 0.930. The van der Waals surface area contributed by atoms with E-state index in [1.807, 2.05) is 24.3 Å². The van der Waals surface area contributed by atoms with Gasteiger partial charge in [0.1, 0.15) is 0 Å². The predicted molar refractivity (Wildman–Crippen MR) is 79.3 cm³/mol. The molecule has 106 valence electrons. The average Bonchev–Trinajstić information content (AvgIpc) is 2.77. The fourth-order valence-corrected chi connectivity index (χ4v) is 4.33. The first-order chi connectivity index (χ1) is 8.88. The van der Waals surface area contributed by atoms with Crippen LogP contribution in [0.5, 0.6) is 0 Å². The van der Waals surface area contributed by atoms with Gasteiger partial charge in [-0.05, 0) is 37.5 Å². The van der Waals surface area contributed by atoms with Crippen LogP contribution in [0.3, 0.4) is 0 Å². The van der Waals surface area contributed by atoms with E-state index in [-0.39, 0.29) is 17.3 Å². The molecule has 0 heterocycles. The highest BCUT2D eigenvalue weighted by Gasteiger charge is 2.35. The minimum atomic E-state index is -2.97. The molecule has 0 amide bonds. The van der Waals surface area contributed by atoms with Crippen LogP contribution in [0.25, 0.3) is 0 Å². The Balaban J connectivity index is 2.06. The summed E-state index contributed by atoms with van der Waals surface area (Å²) < 4.78 is 23.5. The third-order valence-corrected chi connectivity index (χ3v) is 5.75. The molecule has 0 bridgehead atoms. The third-order valence-electron chi connectivity index (χ3n) is 3.84. The fourth-order valence-electron chi connectivity index (χ4n) is 2.80. The van der Waals surface area contributed by atoms with Crippen LogP contribution >= 0.6 is 11.6 Å². The predicted octanol–water partition coefficient (Wildman–Crippen LogP) is 2.96. The average molecular weight is 302 g/mol. The Morgan fingerprint density at radius 1 is 1.26 bits per heavy atom. The summed E-state index contributed by atoms with van der Waals surface area (Å²) in [5, 5.41) is 3.91. The summed E-state index contributed by atoms with van der Waals surface area (Å²) in [5.74, 6) is 0. The zero-order valence-electron chi connectivity index (χ0n) is 11.3. The fraction of sp³-hybridized carbons (Fsp3) is 0.571. The second kappa shape index (κ2) is 5.81. The van der Waals surface area contributed by atoms with Crippen molar-refractivity contribution < 1.29 is 8.42 Å². The van der Waals surface area contributed by atoms with Gasteiger partial charge in [-0.15, -0.1) is 0 Å². The van der Waals surface area contributed by atoms with Gasteiger partial charge in [0.15, 0.2) is 9.84 Å². The first kappa shape index (κ1) is 14.8. The van der Waals surface area contributed by atoms with E-state index in [1.54, 1.807) is 0 Å². The summed E-state index contributed by atoms with van der Waals surface area (Å²) in [5.41, 5.74) is 1.13. The monoisotopic (exact) mass is 301 g/mol. The van der Waals surface area contributed by atoms with Crippen molar-refractivity contribution in [1.29, 1.82) is 0 Å². The Labute approximate surface area is 120 Å². The van der Waals surface area contributed by atoms with Gasteiger partial charge in [-0.3, -0.25) is 0 Å². The highest BCUT2D eigenvalue weighted by atomic mass is 35.5. The van der Waals surface area contributed by atoms with Crippen LogP contribution in [0.4, 0.5) is 0 Å². The van der Waals surface area contributed by atoms with Crippen LogP contribution in [-0.4, -0.2) is 26.0 Å². The molecule has 3 nitrogen and oxygen atoms in total. The van der Waals surface area contributed by atoms with Crippen molar-refractivity contribution >= 4 is 21.4 Å². The molecular formula is C14H20ClNO2S. The normalized spacial score (nSPS) is 25.4.